The van der Waals surface area contributed by atoms with E-state index in [-0.39, 0.29) is 28.6 Å². The third-order valence-electron chi connectivity index (χ3n) is 3.73. The molecule has 0 aliphatic rings. The number of furan rings is 1. The molecule has 1 amide bonds. The molecule has 27 heavy (non-hydrogen) atoms. The Morgan fingerprint density at radius 1 is 0.926 bits per heavy atom. The van der Waals surface area contributed by atoms with Crippen LogP contribution in [0.3, 0.4) is 0 Å². The number of anilines is 1. The van der Waals surface area contributed by atoms with Gasteiger partial charge < -0.3 is 14.2 Å². The molecule has 0 aliphatic heterocycles. The van der Waals surface area contributed by atoms with Gasteiger partial charge in [-0.25, -0.2) is 8.78 Å². The first-order valence-corrected chi connectivity index (χ1v) is 7.85. The van der Waals surface area contributed by atoms with Gasteiger partial charge in [0.1, 0.15) is 11.6 Å². The third kappa shape index (κ3) is 3.32. The van der Waals surface area contributed by atoms with Crippen molar-refractivity contribution >= 4 is 11.6 Å². The summed E-state index contributed by atoms with van der Waals surface area (Å²) in [6, 6.07) is 12.6. The van der Waals surface area contributed by atoms with Gasteiger partial charge in [0.15, 0.2) is 5.76 Å². The highest BCUT2D eigenvalue weighted by molar-refractivity contribution is 6.04. The molecule has 2 aromatic heterocycles. The molecule has 0 saturated heterocycles. The highest BCUT2D eigenvalue weighted by Gasteiger charge is 2.17. The predicted octanol–water partition coefficient (Wildman–Crippen LogP) is 4.53. The lowest BCUT2D eigenvalue weighted by atomic mass is 10.1. The molecule has 0 atom stereocenters. The summed E-state index contributed by atoms with van der Waals surface area (Å²) in [6.45, 7) is 0. The Morgan fingerprint density at radius 3 is 2.52 bits per heavy atom. The number of nitrogens with one attached hydrogen (secondary N) is 1. The van der Waals surface area contributed by atoms with Crippen LogP contribution in [0, 0.1) is 11.6 Å². The summed E-state index contributed by atoms with van der Waals surface area (Å²) >= 11 is 0. The summed E-state index contributed by atoms with van der Waals surface area (Å²) < 4.78 is 38.5. The van der Waals surface area contributed by atoms with Crippen LogP contribution in [-0.4, -0.2) is 16.1 Å². The van der Waals surface area contributed by atoms with Crippen LogP contribution in [0.25, 0.3) is 23.1 Å². The largest absolute Gasteiger partial charge is 0.459 e. The van der Waals surface area contributed by atoms with Gasteiger partial charge in [-0.05, 0) is 42.5 Å². The third-order valence-corrected chi connectivity index (χ3v) is 3.73. The zero-order valence-electron chi connectivity index (χ0n) is 13.6. The van der Waals surface area contributed by atoms with Gasteiger partial charge in [0, 0.05) is 5.69 Å². The molecule has 134 valence electrons. The van der Waals surface area contributed by atoms with E-state index < -0.39 is 17.5 Å². The summed E-state index contributed by atoms with van der Waals surface area (Å²) in [5.41, 5.74) is 0.116. The Hall–Kier alpha value is -3.81. The van der Waals surface area contributed by atoms with Gasteiger partial charge in [0.2, 0.25) is 0 Å². The number of hydrogen-bond acceptors (Lipinski definition) is 5. The van der Waals surface area contributed by atoms with Crippen molar-refractivity contribution in [3.8, 4) is 23.1 Å². The van der Waals surface area contributed by atoms with Crippen molar-refractivity contribution in [3.05, 3.63) is 78.1 Å². The van der Waals surface area contributed by atoms with E-state index in [0.717, 1.165) is 6.07 Å². The highest BCUT2D eigenvalue weighted by atomic mass is 19.1. The SMILES string of the molecule is O=C(Nc1ccc(F)c(-c2nnc(-c3ccco3)o2)c1)c1ccccc1F. The molecule has 0 aliphatic carbocycles. The topological polar surface area (TPSA) is 81.2 Å². The molecule has 8 heteroatoms. The first-order valence-electron chi connectivity index (χ1n) is 7.85. The molecule has 1 N–H and O–H groups in total. The zero-order valence-corrected chi connectivity index (χ0v) is 13.6. The lowest BCUT2D eigenvalue weighted by Gasteiger charge is -2.07. The van der Waals surface area contributed by atoms with Crippen molar-refractivity contribution in [2.24, 2.45) is 0 Å². The van der Waals surface area contributed by atoms with Crippen molar-refractivity contribution < 1.29 is 22.4 Å². The van der Waals surface area contributed by atoms with Crippen LogP contribution in [0.4, 0.5) is 14.5 Å². The number of hydrogen-bond donors (Lipinski definition) is 1. The number of carbonyl (C=O) groups excluding carboxylic acids is 1. The maximum Gasteiger partial charge on any atom is 0.283 e. The number of amides is 1. The van der Waals surface area contributed by atoms with Gasteiger partial charge in [-0.2, -0.15) is 0 Å². The van der Waals surface area contributed by atoms with E-state index in [4.69, 9.17) is 8.83 Å². The summed E-state index contributed by atoms with van der Waals surface area (Å²) in [5.74, 6) is -1.58. The van der Waals surface area contributed by atoms with Crippen LogP contribution >= 0.6 is 0 Å². The lowest BCUT2D eigenvalue weighted by Crippen LogP contribution is -2.13. The van der Waals surface area contributed by atoms with Crippen molar-refractivity contribution in [2.75, 3.05) is 5.32 Å². The van der Waals surface area contributed by atoms with Gasteiger partial charge >= 0.3 is 0 Å². The van der Waals surface area contributed by atoms with Crippen molar-refractivity contribution in [1.82, 2.24) is 10.2 Å². The molecule has 0 unspecified atom stereocenters. The van der Waals surface area contributed by atoms with E-state index in [1.165, 1.54) is 36.6 Å². The van der Waals surface area contributed by atoms with Crippen LogP contribution in [0.15, 0.2) is 69.7 Å². The molecule has 0 spiro atoms. The van der Waals surface area contributed by atoms with Crippen LogP contribution in [-0.2, 0) is 0 Å². The van der Waals surface area contributed by atoms with Crippen LogP contribution < -0.4 is 5.32 Å². The molecule has 2 heterocycles. The molecule has 4 rings (SSSR count). The molecule has 0 fully saturated rings. The number of benzene rings is 2. The normalized spacial score (nSPS) is 10.7. The molecule has 0 bridgehead atoms. The average molecular weight is 367 g/mol. The summed E-state index contributed by atoms with van der Waals surface area (Å²) in [7, 11) is 0. The minimum atomic E-state index is -0.660. The van der Waals surface area contributed by atoms with Crippen molar-refractivity contribution in [3.63, 3.8) is 0 Å². The first kappa shape index (κ1) is 16.6. The molecular formula is C19H11F2N3O3. The van der Waals surface area contributed by atoms with E-state index in [2.05, 4.69) is 15.5 Å². The average Bonchev–Trinajstić information content (AvgIpc) is 3.35. The van der Waals surface area contributed by atoms with E-state index in [9.17, 15) is 13.6 Å². The molecule has 0 saturated carbocycles. The van der Waals surface area contributed by atoms with Gasteiger partial charge in [-0.3, -0.25) is 4.79 Å². The fraction of sp³-hybridized carbons (Fsp3) is 0. The van der Waals surface area contributed by atoms with Crippen molar-refractivity contribution in [1.29, 1.82) is 0 Å². The van der Waals surface area contributed by atoms with Crippen LogP contribution in [0.2, 0.25) is 0 Å². The molecular weight excluding hydrogens is 356 g/mol. The second-order valence-corrected chi connectivity index (χ2v) is 5.52. The Morgan fingerprint density at radius 2 is 1.74 bits per heavy atom. The number of halogens is 2. The minimum absolute atomic E-state index is 0.00774. The number of carbonyl (C=O) groups is 1. The van der Waals surface area contributed by atoms with Gasteiger partial charge in [0.05, 0.1) is 17.4 Å². The standard InChI is InChI=1S/C19H11F2N3O3/c20-14-5-2-1-4-12(14)17(25)22-11-7-8-15(21)13(10-11)18-23-24-19(27-18)16-6-3-9-26-16/h1-10H,(H,22,25). The fourth-order valence-electron chi connectivity index (χ4n) is 2.44. The lowest BCUT2D eigenvalue weighted by molar-refractivity contribution is 0.102. The van der Waals surface area contributed by atoms with E-state index in [0.29, 0.717) is 5.76 Å². The van der Waals surface area contributed by atoms with E-state index in [1.807, 2.05) is 0 Å². The van der Waals surface area contributed by atoms with Gasteiger partial charge in [0.25, 0.3) is 17.7 Å². The Labute approximate surface area is 151 Å². The predicted molar refractivity (Wildman–Crippen MR) is 91.7 cm³/mol. The molecule has 2 aromatic carbocycles. The number of aromatic nitrogens is 2. The smallest absolute Gasteiger partial charge is 0.283 e. The number of nitrogens with zero attached hydrogens (tertiary/aromatic N) is 2. The maximum atomic E-state index is 14.2. The quantitative estimate of drug-likeness (QED) is 0.573. The Balaban J connectivity index is 1.62. The van der Waals surface area contributed by atoms with Gasteiger partial charge in [-0.1, -0.05) is 12.1 Å². The zero-order chi connectivity index (χ0) is 18.8. The highest BCUT2D eigenvalue weighted by Crippen LogP contribution is 2.28. The Kier molecular flexibility index (Phi) is 4.21. The van der Waals surface area contributed by atoms with Crippen LogP contribution in [0.5, 0.6) is 0 Å². The van der Waals surface area contributed by atoms with E-state index >= 15 is 0 Å². The molecule has 6 nitrogen and oxygen atoms in total. The molecule has 4 aromatic rings. The number of rotatable bonds is 4. The van der Waals surface area contributed by atoms with Crippen molar-refractivity contribution in [2.45, 2.75) is 0 Å². The van der Waals surface area contributed by atoms with Crippen LogP contribution in [0.1, 0.15) is 10.4 Å². The van der Waals surface area contributed by atoms with Gasteiger partial charge in [-0.15, -0.1) is 10.2 Å². The second kappa shape index (κ2) is 6.83. The maximum absolute atomic E-state index is 14.2. The Bertz CT molecular complexity index is 1110. The minimum Gasteiger partial charge on any atom is -0.459 e. The fourth-order valence-corrected chi connectivity index (χ4v) is 2.44. The first-order chi connectivity index (χ1) is 13.1. The summed E-state index contributed by atoms with van der Waals surface area (Å²) in [5, 5.41) is 10.1. The summed E-state index contributed by atoms with van der Waals surface area (Å²) in [4.78, 5) is 12.2. The van der Waals surface area contributed by atoms with E-state index in [1.54, 1.807) is 18.2 Å². The summed E-state index contributed by atoms with van der Waals surface area (Å²) in [6.07, 6.45) is 1.44. The monoisotopic (exact) mass is 367 g/mol. The molecule has 0 radical (unpaired) electrons. The second-order valence-electron chi connectivity index (χ2n) is 5.52.